The number of nitrogens with zero attached hydrogens (tertiary/aromatic N) is 1. The van der Waals surface area contributed by atoms with E-state index >= 15 is 0 Å². The van der Waals surface area contributed by atoms with E-state index in [2.05, 4.69) is 40.3 Å². The monoisotopic (exact) mass is 251 g/mol. The molecular formula is C16H17N3. The first-order chi connectivity index (χ1) is 9.22. The van der Waals surface area contributed by atoms with Gasteiger partial charge in [0, 0.05) is 11.6 Å². The van der Waals surface area contributed by atoms with Crippen LogP contribution >= 0.6 is 0 Å². The summed E-state index contributed by atoms with van der Waals surface area (Å²) in [7, 11) is 0. The lowest BCUT2D eigenvalue weighted by Gasteiger charge is -2.04. The number of nitrogens with one attached hydrogen (secondary N) is 1. The molecule has 3 nitrogen and oxygen atoms in total. The molecule has 0 aliphatic rings. The molecule has 0 saturated carbocycles. The predicted octanol–water partition coefficient (Wildman–Crippen LogP) is 3.12. The summed E-state index contributed by atoms with van der Waals surface area (Å²) in [5.41, 5.74) is 10.2. The van der Waals surface area contributed by atoms with E-state index in [4.69, 9.17) is 5.73 Å². The van der Waals surface area contributed by atoms with Crippen molar-refractivity contribution < 1.29 is 0 Å². The van der Waals surface area contributed by atoms with Gasteiger partial charge in [0.25, 0.3) is 0 Å². The number of hydrogen-bond acceptors (Lipinski definition) is 2. The number of benzene rings is 2. The SMILES string of the molecule is CC(N)Cc1ccc2nc(-c3ccccc3)[nH]c2c1. The van der Waals surface area contributed by atoms with E-state index in [0.29, 0.717) is 0 Å². The minimum atomic E-state index is 0.175. The van der Waals surface area contributed by atoms with E-state index in [1.807, 2.05) is 25.1 Å². The first-order valence-corrected chi connectivity index (χ1v) is 6.52. The summed E-state index contributed by atoms with van der Waals surface area (Å²) >= 11 is 0. The van der Waals surface area contributed by atoms with Gasteiger partial charge < -0.3 is 10.7 Å². The molecule has 0 fully saturated rings. The number of aromatic amines is 1. The topological polar surface area (TPSA) is 54.7 Å². The van der Waals surface area contributed by atoms with Crippen LogP contribution in [0.3, 0.4) is 0 Å². The Balaban J connectivity index is 2.01. The summed E-state index contributed by atoms with van der Waals surface area (Å²) in [6.45, 7) is 2.02. The third kappa shape index (κ3) is 2.51. The number of fused-ring (bicyclic) bond motifs is 1. The van der Waals surface area contributed by atoms with Crippen molar-refractivity contribution in [3.63, 3.8) is 0 Å². The molecule has 0 aliphatic carbocycles. The molecule has 0 amide bonds. The van der Waals surface area contributed by atoms with Crippen molar-refractivity contribution in [2.75, 3.05) is 0 Å². The van der Waals surface area contributed by atoms with Crippen LogP contribution in [-0.2, 0) is 6.42 Å². The Morgan fingerprint density at radius 1 is 1.16 bits per heavy atom. The summed E-state index contributed by atoms with van der Waals surface area (Å²) in [4.78, 5) is 7.99. The van der Waals surface area contributed by atoms with E-state index in [1.54, 1.807) is 0 Å². The van der Waals surface area contributed by atoms with Crippen molar-refractivity contribution >= 4 is 11.0 Å². The molecule has 1 aromatic heterocycles. The third-order valence-electron chi connectivity index (χ3n) is 3.15. The predicted molar refractivity (Wildman–Crippen MR) is 78.9 cm³/mol. The molecule has 0 aliphatic heterocycles. The third-order valence-corrected chi connectivity index (χ3v) is 3.15. The molecule has 0 saturated heterocycles. The molecule has 3 rings (SSSR count). The molecule has 19 heavy (non-hydrogen) atoms. The highest BCUT2D eigenvalue weighted by Gasteiger charge is 2.06. The van der Waals surface area contributed by atoms with Crippen LogP contribution in [0.1, 0.15) is 12.5 Å². The largest absolute Gasteiger partial charge is 0.338 e. The Morgan fingerprint density at radius 3 is 2.68 bits per heavy atom. The van der Waals surface area contributed by atoms with Crippen LogP contribution in [-0.4, -0.2) is 16.0 Å². The normalized spacial score (nSPS) is 12.7. The van der Waals surface area contributed by atoms with Crippen molar-refractivity contribution in [2.24, 2.45) is 5.73 Å². The second-order valence-electron chi connectivity index (χ2n) is 4.98. The first-order valence-electron chi connectivity index (χ1n) is 6.52. The molecule has 2 aromatic carbocycles. The van der Waals surface area contributed by atoms with Gasteiger partial charge >= 0.3 is 0 Å². The summed E-state index contributed by atoms with van der Waals surface area (Å²) < 4.78 is 0. The van der Waals surface area contributed by atoms with E-state index in [1.165, 1.54) is 5.56 Å². The van der Waals surface area contributed by atoms with Crippen LogP contribution in [0.2, 0.25) is 0 Å². The van der Waals surface area contributed by atoms with Crippen molar-refractivity contribution in [3.8, 4) is 11.4 Å². The number of hydrogen-bond donors (Lipinski definition) is 2. The second kappa shape index (κ2) is 4.86. The summed E-state index contributed by atoms with van der Waals surface area (Å²) in [5.74, 6) is 0.911. The molecule has 0 spiro atoms. The Kier molecular flexibility index (Phi) is 3.05. The molecule has 3 heteroatoms. The number of H-pyrrole nitrogens is 1. The van der Waals surface area contributed by atoms with Crippen molar-refractivity contribution in [2.45, 2.75) is 19.4 Å². The van der Waals surface area contributed by atoms with Crippen molar-refractivity contribution in [1.82, 2.24) is 9.97 Å². The lowest BCUT2D eigenvalue weighted by atomic mass is 10.1. The summed E-state index contributed by atoms with van der Waals surface area (Å²) in [5, 5.41) is 0. The molecule has 3 N–H and O–H groups in total. The molecular weight excluding hydrogens is 234 g/mol. The zero-order chi connectivity index (χ0) is 13.2. The lowest BCUT2D eigenvalue weighted by molar-refractivity contribution is 0.739. The van der Waals surface area contributed by atoms with Gasteiger partial charge in [0.1, 0.15) is 5.82 Å². The standard InChI is InChI=1S/C16H17N3/c1-11(17)9-12-7-8-14-15(10-12)19-16(18-14)13-5-3-2-4-6-13/h2-8,10-11H,9,17H2,1H3,(H,18,19). The summed E-state index contributed by atoms with van der Waals surface area (Å²) in [6.07, 6.45) is 0.885. The number of nitrogens with two attached hydrogens (primary N) is 1. The van der Waals surface area contributed by atoms with E-state index in [9.17, 15) is 0 Å². The fourth-order valence-electron chi connectivity index (χ4n) is 2.29. The lowest BCUT2D eigenvalue weighted by Crippen LogP contribution is -2.17. The van der Waals surface area contributed by atoms with Crippen LogP contribution in [0.25, 0.3) is 22.4 Å². The second-order valence-corrected chi connectivity index (χ2v) is 4.98. The van der Waals surface area contributed by atoms with E-state index < -0.39 is 0 Å². The highest BCUT2D eigenvalue weighted by molar-refractivity contribution is 5.80. The van der Waals surface area contributed by atoms with Crippen molar-refractivity contribution in [1.29, 1.82) is 0 Å². The molecule has 3 aromatic rings. The quantitative estimate of drug-likeness (QED) is 0.751. The summed E-state index contributed by atoms with van der Waals surface area (Å²) in [6, 6.07) is 16.6. The van der Waals surface area contributed by atoms with Crippen molar-refractivity contribution in [3.05, 3.63) is 54.1 Å². The molecule has 1 atom stereocenters. The number of imidazole rings is 1. The Labute approximate surface area is 112 Å². The van der Waals surface area contributed by atoms with Gasteiger partial charge in [-0.05, 0) is 31.0 Å². The van der Waals surface area contributed by atoms with Crippen LogP contribution in [0.4, 0.5) is 0 Å². The molecule has 1 unspecified atom stereocenters. The van der Waals surface area contributed by atoms with Gasteiger partial charge in [0.2, 0.25) is 0 Å². The zero-order valence-corrected chi connectivity index (χ0v) is 10.9. The Bertz CT molecular complexity index is 684. The van der Waals surface area contributed by atoms with Gasteiger partial charge in [-0.3, -0.25) is 0 Å². The maximum atomic E-state index is 5.84. The Morgan fingerprint density at radius 2 is 1.95 bits per heavy atom. The van der Waals surface area contributed by atoms with Gasteiger partial charge in [0.15, 0.2) is 0 Å². The number of rotatable bonds is 3. The average molecular weight is 251 g/mol. The highest BCUT2D eigenvalue weighted by atomic mass is 14.9. The smallest absolute Gasteiger partial charge is 0.138 e. The fourth-order valence-corrected chi connectivity index (χ4v) is 2.29. The van der Waals surface area contributed by atoms with E-state index in [0.717, 1.165) is 28.8 Å². The van der Waals surface area contributed by atoms with Crippen LogP contribution in [0.5, 0.6) is 0 Å². The van der Waals surface area contributed by atoms with Gasteiger partial charge in [-0.15, -0.1) is 0 Å². The number of aromatic nitrogens is 2. The highest BCUT2D eigenvalue weighted by Crippen LogP contribution is 2.21. The fraction of sp³-hybridized carbons (Fsp3) is 0.188. The molecule has 1 heterocycles. The van der Waals surface area contributed by atoms with Gasteiger partial charge in [-0.1, -0.05) is 36.4 Å². The first kappa shape index (κ1) is 11.9. The zero-order valence-electron chi connectivity index (χ0n) is 10.9. The Hall–Kier alpha value is -2.13. The van der Waals surface area contributed by atoms with E-state index in [-0.39, 0.29) is 6.04 Å². The molecule has 96 valence electrons. The molecule has 0 bridgehead atoms. The minimum Gasteiger partial charge on any atom is -0.338 e. The van der Waals surface area contributed by atoms with Gasteiger partial charge in [0.05, 0.1) is 11.0 Å². The maximum absolute atomic E-state index is 5.84. The van der Waals surface area contributed by atoms with Crippen LogP contribution < -0.4 is 5.73 Å². The van der Waals surface area contributed by atoms with Crippen LogP contribution in [0.15, 0.2) is 48.5 Å². The maximum Gasteiger partial charge on any atom is 0.138 e. The van der Waals surface area contributed by atoms with Crippen LogP contribution in [0, 0.1) is 0 Å². The van der Waals surface area contributed by atoms with Gasteiger partial charge in [-0.2, -0.15) is 0 Å². The average Bonchev–Trinajstić information content (AvgIpc) is 2.82. The molecule has 0 radical (unpaired) electrons. The van der Waals surface area contributed by atoms with Gasteiger partial charge in [-0.25, -0.2) is 4.98 Å². The minimum absolute atomic E-state index is 0.175.